The molecular weight excluding hydrogens is 254 g/mol. The fourth-order valence-corrected chi connectivity index (χ4v) is 3.04. The molecule has 2 rings (SSSR count). The predicted molar refractivity (Wildman–Crippen MR) is 78.0 cm³/mol. The summed E-state index contributed by atoms with van der Waals surface area (Å²) in [7, 11) is 0. The second-order valence-electron chi connectivity index (χ2n) is 6.51. The smallest absolute Gasteiger partial charge is 0.239 e. The van der Waals surface area contributed by atoms with Crippen LogP contribution < -0.4 is 5.73 Å². The largest absolute Gasteiger partial charge is 0.339 e. The van der Waals surface area contributed by atoms with E-state index in [-0.39, 0.29) is 23.8 Å². The highest BCUT2D eigenvalue weighted by molar-refractivity contribution is 5.82. The molecule has 1 aliphatic carbocycles. The van der Waals surface area contributed by atoms with E-state index in [9.17, 15) is 9.59 Å². The lowest BCUT2D eigenvalue weighted by atomic mass is 9.99. The Balaban J connectivity index is 2.00. The Morgan fingerprint density at radius 2 is 1.85 bits per heavy atom. The Bertz CT molecular complexity index is 379. The van der Waals surface area contributed by atoms with Gasteiger partial charge in [-0.1, -0.05) is 13.8 Å². The third-order valence-electron chi connectivity index (χ3n) is 4.41. The SMILES string of the molecule is CC(=O)N(C1CC1)[C@@H]1CCCN(C(=O)[C@@H](N)C(C)C)C1. The summed E-state index contributed by atoms with van der Waals surface area (Å²) in [4.78, 5) is 28.1. The molecule has 2 aliphatic rings. The van der Waals surface area contributed by atoms with Crippen LogP contribution in [0.3, 0.4) is 0 Å². The Morgan fingerprint density at radius 1 is 1.20 bits per heavy atom. The zero-order valence-electron chi connectivity index (χ0n) is 12.8. The van der Waals surface area contributed by atoms with Crippen LogP contribution in [0.4, 0.5) is 0 Å². The van der Waals surface area contributed by atoms with Crippen molar-refractivity contribution < 1.29 is 9.59 Å². The van der Waals surface area contributed by atoms with Crippen molar-refractivity contribution in [3.05, 3.63) is 0 Å². The van der Waals surface area contributed by atoms with Gasteiger partial charge >= 0.3 is 0 Å². The minimum atomic E-state index is -0.430. The Morgan fingerprint density at radius 3 is 2.35 bits per heavy atom. The molecule has 0 aromatic carbocycles. The van der Waals surface area contributed by atoms with E-state index in [1.54, 1.807) is 6.92 Å². The maximum absolute atomic E-state index is 12.4. The van der Waals surface area contributed by atoms with Crippen molar-refractivity contribution in [2.75, 3.05) is 13.1 Å². The number of hydrogen-bond acceptors (Lipinski definition) is 3. The van der Waals surface area contributed by atoms with Gasteiger partial charge in [0, 0.05) is 32.1 Å². The lowest BCUT2D eigenvalue weighted by Crippen LogP contribution is -2.55. The lowest BCUT2D eigenvalue weighted by molar-refractivity contribution is -0.140. The molecule has 1 heterocycles. The van der Waals surface area contributed by atoms with Gasteiger partial charge in [-0.05, 0) is 31.6 Å². The Kier molecular flexibility index (Phi) is 4.68. The van der Waals surface area contributed by atoms with Crippen molar-refractivity contribution >= 4 is 11.8 Å². The number of nitrogens with zero attached hydrogens (tertiary/aromatic N) is 2. The topological polar surface area (TPSA) is 66.6 Å². The van der Waals surface area contributed by atoms with Gasteiger partial charge in [-0.2, -0.15) is 0 Å². The Labute approximate surface area is 121 Å². The van der Waals surface area contributed by atoms with Crippen molar-refractivity contribution in [2.45, 2.75) is 64.6 Å². The lowest BCUT2D eigenvalue weighted by Gasteiger charge is -2.40. The normalized spacial score (nSPS) is 24.6. The molecule has 0 unspecified atom stereocenters. The predicted octanol–water partition coefficient (Wildman–Crippen LogP) is 0.972. The Hall–Kier alpha value is -1.10. The molecule has 1 saturated heterocycles. The highest BCUT2D eigenvalue weighted by Gasteiger charge is 2.38. The number of likely N-dealkylation sites (tertiary alicyclic amines) is 1. The average Bonchev–Trinajstić information content (AvgIpc) is 3.21. The van der Waals surface area contributed by atoms with E-state index in [0.29, 0.717) is 12.6 Å². The fourth-order valence-electron chi connectivity index (χ4n) is 3.04. The van der Waals surface area contributed by atoms with E-state index in [2.05, 4.69) is 0 Å². The van der Waals surface area contributed by atoms with E-state index in [1.807, 2.05) is 23.6 Å². The summed E-state index contributed by atoms with van der Waals surface area (Å²) in [5.74, 6) is 0.319. The number of carbonyl (C=O) groups is 2. The molecule has 5 heteroatoms. The van der Waals surface area contributed by atoms with Gasteiger partial charge in [0.1, 0.15) is 0 Å². The summed E-state index contributed by atoms with van der Waals surface area (Å²) >= 11 is 0. The summed E-state index contributed by atoms with van der Waals surface area (Å²) in [6.07, 6.45) is 4.17. The molecule has 2 fully saturated rings. The number of nitrogens with two attached hydrogens (primary N) is 1. The molecule has 0 bridgehead atoms. The summed E-state index contributed by atoms with van der Waals surface area (Å²) in [6, 6.07) is 0.156. The van der Waals surface area contributed by atoms with Gasteiger partial charge in [-0.3, -0.25) is 9.59 Å². The molecule has 114 valence electrons. The third kappa shape index (κ3) is 3.32. The molecule has 1 saturated carbocycles. The molecule has 1 aliphatic heterocycles. The van der Waals surface area contributed by atoms with E-state index in [1.165, 1.54) is 0 Å². The van der Waals surface area contributed by atoms with Crippen molar-refractivity contribution in [2.24, 2.45) is 11.7 Å². The highest BCUT2D eigenvalue weighted by atomic mass is 16.2. The third-order valence-corrected chi connectivity index (χ3v) is 4.41. The van der Waals surface area contributed by atoms with Crippen LogP contribution in [0.1, 0.15) is 46.5 Å². The molecule has 2 N–H and O–H groups in total. The number of piperidine rings is 1. The second kappa shape index (κ2) is 6.12. The van der Waals surface area contributed by atoms with Crippen molar-refractivity contribution in [1.29, 1.82) is 0 Å². The van der Waals surface area contributed by atoms with Crippen molar-refractivity contribution in [3.63, 3.8) is 0 Å². The number of carbonyl (C=O) groups excluding carboxylic acids is 2. The summed E-state index contributed by atoms with van der Waals surface area (Å²) < 4.78 is 0. The van der Waals surface area contributed by atoms with Crippen LogP contribution in [0.5, 0.6) is 0 Å². The van der Waals surface area contributed by atoms with Gasteiger partial charge in [0.05, 0.1) is 6.04 Å². The van der Waals surface area contributed by atoms with Crippen LogP contribution in [0, 0.1) is 5.92 Å². The summed E-state index contributed by atoms with van der Waals surface area (Å²) in [6.45, 7) is 6.99. The van der Waals surface area contributed by atoms with E-state index < -0.39 is 6.04 Å². The van der Waals surface area contributed by atoms with Gasteiger partial charge in [0.25, 0.3) is 0 Å². The van der Waals surface area contributed by atoms with E-state index in [4.69, 9.17) is 5.73 Å². The number of hydrogen-bond donors (Lipinski definition) is 1. The first-order valence-corrected chi connectivity index (χ1v) is 7.75. The number of amides is 2. The van der Waals surface area contributed by atoms with Crippen LogP contribution >= 0.6 is 0 Å². The molecular formula is C15H27N3O2. The molecule has 2 atom stereocenters. The van der Waals surface area contributed by atoms with E-state index >= 15 is 0 Å². The van der Waals surface area contributed by atoms with Crippen LogP contribution in [0.25, 0.3) is 0 Å². The van der Waals surface area contributed by atoms with Crippen molar-refractivity contribution in [1.82, 2.24) is 9.80 Å². The summed E-state index contributed by atoms with van der Waals surface area (Å²) in [5.41, 5.74) is 5.97. The van der Waals surface area contributed by atoms with Gasteiger partial charge in [-0.15, -0.1) is 0 Å². The monoisotopic (exact) mass is 281 g/mol. The van der Waals surface area contributed by atoms with Crippen LogP contribution in [-0.2, 0) is 9.59 Å². The average molecular weight is 281 g/mol. The molecule has 0 spiro atoms. The second-order valence-corrected chi connectivity index (χ2v) is 6.51. The maximum atomic E-state index is 12.4. The summed E-state index contributed by atoms with van der Waals surface area (Å²) in [5, 5.41) is 0. The molecule has 0 radical (unpaired) electrons. The fraction of sp³-hybridized carbons (Fsp3) is 0.867. The number of rotatable bonds is 4. The van der Waals surface area contributed by atoms with Gasteiger partial charge in [-0.25, -0.2) is 0 Å². The van der Waals surface area contributed by atoms with E-state index in [0.717, 1.165) is 32.2 Å². The minimum Gasteiger partial charge on any atom is -0.339 e. The zero-order chi connectivity index (χ0) is 14.9. The highest BCUT2D eigenvalue weighted by Crippen LogP contribution is 2.31. The molecule has 2 amide bonds. The van der Waals surface area contributed by atoms with Crippen LogP contribution in [0.2, 0.25) is 0 Å². The first-order chi connectivity index (χ1) is 9.41. The van der Waals surface area contributed by atoms with Crippen LogP contribution in [-0.4, -0.2) is 52.8 Å². The quantitative estimate of drug-likeness (QED) is 0.835. The van der Waals surface area contributed by atoms with Gasteiger partial charge < -0.3 is 15.5 Å². The molecule has 0 aromatic rings. The maximum Gasteiger partial charge on any atom is 0.239 e. The van der Waals surface area contributed by atoms with Gasteiger partial charge in [0.15, 0.2) is 0 Å². The first-order valence-electron chi connectivity index (χ1n) is 7.75. The van der Waals surface area contributed by atoms with Gasteiger partial charge in [0.2, 0.25) is 11.8 Å². The molecule has 20 heavy (non-hydrogen) atoms. The molecule has 0 aromatic heterocycles. The standard InChI is InChI=1S/C15H27N3O2/c1-10(2)14(16)15(20)17-8-4-5-13(9-17)18(11(3)19)12-6-7-12/h10,12-14H,4-9,16H2,1-3H3/t13-,14+/m1/s1. The van der Waals surface area contributed by atoms with Crippen molar-refractivity contribution in [3.8, 4) is 0 Å². The molecule has 5 nitrogen and oxygen atoms in total. The van der Waals surface area contributed by atoms with Crippen LogP contribution in [0.15, 0.2) is 0 Å². The first kappa shape index (κ1) is 15.3. The zero-order valence-corrected chi connectivity index (χ0v) is 12.8. The minimum absolute atomic E-state index is 0.0315.